The maximum absolute atomic E-state index is 6.08. The van der Waals surface area contributed by atoms with E-state index in [1.807, 2.05) is 19.9 Å². The second kappa shape index (κ2) is 5.59. The van der Waals surface area contributed by atoms with E-state index in [0.717, 1.165) is 5.56 Å². The van der Waals surface area contributed by atoms with Crippen molar-refractivity contribution in [3.8, 4) is 0 Å². The summed E-state index contributed by atoms with van der Waals surface area (Å²) in [5.41, 5.74) is 0.915. The first kappa shape index (κ1) is 13.2. The monoisotopic (exact) mass is 285 g/mol. The minimum absolute atomic E-state index is 0.248. The van der Waals surface area contributed by atoms with Gasteiger partial charge in [-0.2, -0.15) is 4.98 Å². The van der Waals surface area contributed by atoms with Crippen molar-refractivity contribution in [1.29, 1.82) is 0 Å². The van der Waals surface area contributed by atoms with Crippen molar-refractivity contribution in [2.75, 3.05) is 5.32 Å². The summed E-state index contributed by atoms with van der Waals surface area (Å²) in [7, 11) is 0. The molecule has 6 heteroatoms. The van der Waals surface area contributed by atoms with Crippen LogP contribution in [0.2, 0.25) is 10.0 Å². The highest BCUT2D eigenvalue weighted by Gasteiger charge is 2.10. The Hall–Kier alpha value is -1.26. The van der Waals surface area contributed by atoms with Crippen molar-refractivity contribution in [2.24, 2.45) is 0 Å². The van der Waals surface area contributed by atoms with Crippen molar-refractivity contribution >= 4 is 29.2 Å². The van der Waals surface area contributed by atoms with Gasteiger partial charge < -0.3 is 9.84 Å². The Bertz CT molecular complexity index is 540. The van der Waals surface area contributed by atoms with Gasteiger partial charge in [0.25, 0.3) is 0 Å². The van der Waals surface area contributed by atoms with Gasteiger partial charge in [-0.25, -0.2) is 0 Å². The first-order chi connectivity index (χ1) is 8.54. The number of halogens is 2. The first-order valence-corrected chi connectivity index (χ1v) is 6.33. The molecule has 1 heterocycles. The highest BCUT2D eigenvalue weighted by Crippen LogP contribution is 2.23. The zero-order valence-corrected chi connectivity index (χ0v) is 11.6. The summed E-state index contributed by atoms with van der Waals surface area (Å²) in [5, 5.41) is 8.14. The molecule has 0 radical (unpaired) electrons. The van der Waals surface area contributed by atoms with E-state index in [4.69, 9.17) is 27.7 Å². The van der Waals surface area contributed by atoms with Crippen molar-refractivity contribution in [2.45, 2.75) is 26.3 Å². The van der Waals surface area contributed by atoms with Crippen LogP contribution in [0, 0.1) is 0 Å². The average molecular weight is 286 g/mol. The summed E-state index contributed by atoms with van der Waals surface area (Å²) in [4.78, 5) is 4.23. The molecule has 0 fully saturated rings. The predicted octanol–water partition coefficient (Wildman–Crippen LogP) is 3.79. The van der Waals surface area contributed by atoms with Gasteiger partial charge in [-0.1, -0.05) is 34.4 Å². The lowest BCUT2D eigenvalue weighted by Crippen LogP contribution is -2.09. The molecule has 1 aromatic heterocycles. The van der Waals surface area contributed by atoms with Gasteiger partial charge in [0, 0.05) is 22.5 Å². The van der Waals surface area contributed by atoms with Gasteiger partial charge in [-0.3, -0.25) is 0 Å². The average Bonchev–Trinajstić information content (AvgIpc) is 2.69. The fourth-order valence-corrected chi connectivity index (χ4v) is 1.94. The van der Waals surface area contributed by atoms with Crippen LogP contribution in [0.15, 0.2) is 22.7 Å². The third-order valence-corrected chi connectivity index (χ3v) is 2.83. The number of hydrogen-bond donors (Lipinski definition) is 1. The Balaban J connectivity index is 2.11. The molecule has 0 unspecified atom stereocenters. The molecule has 4 nitrogen and oxygen atoms in total. The third kappa shape index (κ3) is 3.37. The van der Waals surface area contributed by atoms with Crippen molar-refractivity contribution in [1.82, 2.24) is 10.1 Å². The van der Waals surface area contributed by atoms with Crippen molar-refractivity contribution in [3.63, 3.8) is 0 Å². The molecule has 0 aliphatic carbocycles. The first-order valence-electron chi connectivity index (χ1n) is 5.57. The van der Waals surface area contributed by atoms with Crippen LogP contribution in [0.3, 0.4) is 0 Å². The van der Waals surface area contributed by atoms with E-state index in [1.54, 1.807) is 12.1 Å². The van der Waals surface area contributed by atoms with Crippen LogP contribution in [0.25, 0.3) is 0 Å². The Kier molecular flexibility index (Phi) is 4.09. The lowest BCUT2D eigenvalue weighted by molar-refractivity contribution is 0.421. The number of benzene rings is 1. The molecule has 0 aliphatic heterocycles. The number of hydrogen-bond acceptors (Lipinski definition) is 4. The van der Waals surface area contributed by atoms with Crippen LogP contribution in [0.4, 0.5) is 6.01 Å². The van der Waals surface area contributed by atoms with Crippen LogP contribution in [-0.2, 0) is 6.42 Å². The van der Waals surface area contributed by atoms with E-state index in [1.165, 1.54) is 0 Å². The number of nitrogens with zero attached hydrogens (tertiary/aromatic N) is 2. The molecule has 0 saturated heterocycles. The molecule has 18 heavy (non-hydrogen) atoms. The third-order valence-electron chi connectivity index (χ3n) is 2.24. The van der Waals surface area contributed by atoms with E-state index < -0.39 is 0 Å². The Morgan fingerprint density at radius 3 is 2.78 bits per heavy atom. The summed E-state index contributed by atoms with van der Waals surface area (Å²) in [6, 6.07) is 6.01. The fourth-order valence-electron chi connectivity index (χ4n) is 1.47. The van der Waals surface area contributed by atoms with E-state index in [0.29, 0.717) is 28.3 Å². The van der Waals surface area contributed by atoms with Crippen molar-refractivity contribution in [3.05, 3.63) is 39.6 Å². The second-order valence-electron chi connectivity index (χ2n) is 4.23. The fraction of sp³-hybridized carbons (Fsp3) is 0.333. The quantitative estimate of drug-likeness (QED) is 0.929. The lowest BCUT2D eigenvalue weighted by Gasteiger charge is -2.02. The highest BCUT2D eigenvalue weighted by molar-refractivity contribution is 6.35. The summed E-state index contributed by atoms with van der Waals surface area (Å²) >= 11 is 11.9. The summed E-state index contributed by atoms with van der Waals surface area (Å²) in [6.45, 7) is 4.00. The van der Waals surface area contributed by atoms with Gasteiger partial charge in [0.1, 0.15) is 0 Å². The van der Waals surface area contributed by atoms with Crippen LogP contribution < -0.4 is 5.32 Å². The molecule has 0 aliphatic rings. The molecule has 96 valence electrons. The minimum Gasteiger partial charge on any atom is -0.336 e. The van der Waals surface area contributed by atoms with Gasteiger partial charge >= 0.3 is 6.01 Å². The van der Waals surface area contributed by atoms with Crippen LogP contribution >= 0.6 is 23.2 Å². The number of nitrogens with one attached hydrogen (secondary N) is 1. The normalized spacial score (nSPS) is 10.9. The van der Waals surface area contributed by atoms with Crippen molar-refractivity contribution < 1.29 is 4.52 Å². The Labute approximate surface area is 115 Å². The summed E-state index contributed by atoms with van der Waals surface area (Å²) in [6.07, 6.45) is 0.513. The van der Waals surface area contributed by atoms with Gasteiger partial charge in [0.2, 0.25) is 0 Å². The molecule has 2 aromatic rings. The molecule has 1 N–H and O–H groups in total. The highest BCUT2D eigenvalue weighted by atomic mass is 35.5. The van der Waals surface area contributed by atoms with E-state index in [2.05, 4.69) is 15.5 Å². The minimum atomic E-state index is 0.248. The van der Waals surface area contributed by atoms with Crippen LogP contribution in [0.1, 0.15) is 25.2 Å². The van der Waals surface area contributed by atoms with Gasteiger partial charge in [0.05, 0.1) is 0 Å². The zero-order valence-electron chi connectivity index (χ0n) is 10.1. The zero-order chi connectivity index (χ0) is 13.1. The largest absolute Gasteiger partial charge is 0.336 e. The van der Waals surface area contributed by atoms with Crippen LogP contribution in [-0.4, -0.2) is 16.2 Å². The lowest BCUT2D eigenvalue weighted by atomic mass is 10.1. The number of aromatic nitrogens is 2. The Morgan fingerprint density at radius 1 is 1.33 bits per heavy atom. The summed E-state index contributed by atoms with van der Waals surface area (Å²) < 4.78 is 5.07. The summed E-state index contributed by atoms with van der Waals surface area (Å²) in [5.74, 6) is 0.586. The van der Waals surface area contributed by atoms with E-state index in [9.17, 15) is 0 Å². The number of anilines is 1. The van der Waals surface area contributed by atoms with Gasteiger partial charge in [0.15, 0.2) is 5.82 Å². The molecular formula is C12H13Cl2N3O. The SMILES string of the molecule is CC(C)Nc1nc(Cc2ccc(Cl)cc2Cl)no1. The smallest absolute Gasteiger partial charge is 0.321 e. The maximum Gasteiger partial charge on any atom is 0.321 e. The van der Waals surface area contributed by atoms with Gasteiger partial charge in [-0.05, 0) is 31.5 Å². The predicted molar refractivity (Wildman–Crippen MR) is 72.3 cm³/mol. The standard InChI is InChI=1S/C12H13Cl2N3O/c1-7(2)15-12-16-11(17-18-12)5-8-3-4-9(13)6-10(8)14/h3-4,6-7H,5H2,1-2H3,(H,15,16,17). The molecule has 0 atom stereocenters. The maximum atomic E-state index is 6.08. The molecular weight excluding hydrogens is 273 g/mol. The van der Waals surface area contributed by atoms with Crippen LogP contribution in [0.5, 0.6) is 0 Å². The topological polar surface area (TPSA) is 51.0 Å². The van der Waals surface area contributed by atoms with E-state index >= 15 is 0 Å². The molecule has 0 spiro atoms. The molecule has 0 saturated carbocycles. The van der Waals surface area contributed by atoms with E-state index in [-0.39, 0.29) is 6.04 Å². The molecule has 2 rings (SSSR count). The molecule has 0 bridgehead atoms. The number of rotatable bonds is 4. The Morgan fingerprint density at radius 2 is 2.11 bits per heavy atom. The second-order valence-corrected chi connectivity index (χ2v) is 5.07. The molecule has 0 amide bonds. The van der Waals surface area contributed by atoms with Gasteiger partial charge in [-0.15, -0.1) is 0 Å². The molecule has 1 aromatic carbocycles.